The van der Waals surface area contributed by atoms with E-state index in [1.807, 2.05) is 36.4 Å². The summed E-state index contributed by atoms with van der Waals surface area (Å²) in [6.45, 7) is 0.288. The second-order valence-electron chi connectivity index (χ2n) is 4.02. The van der Waals surface area contributed by atoms with E-state index in [0.29, 0.717) is 5.56 Å². The van der Waals surface area contributed by atoms with Crippen LogP contribution >= 0.6 is 0 Å². The lowest BCUT2D eigenvalue weighted by Crippen LogP contribution is -2.20. The Bertz CT molecular complexity index is 616. The first-order valence-corrected chi connectivity index (χ1v) is 5.69. The van der Waals surface area contributed by atoms with Gasteiger partial charge in [-0.3, -0.25) is 0 Å². The summed E-state index contributed by atoms with van der Waals surface area (Å²) in [4.78, 5) is 16.8. The van der Waals surface area contributed by atoms with Crippen LogP contribution in [0, 0.1) is 0 Å². The molecule has 0 radical (unpaired) electrons. The number of carbonyl (C=O) groups excluding carboxylic acids is 1. The fourth-order valence-corrected chi connectivity index (χ4v) is 1.94. The van der Waals surface area contributed by atoms with Gasteiger partial charge in [-0.2, -0.15) is 0 Å². The second-order valence-corrected chi connectivity index (χ2v) is 4.02. The van der Waals surface area contributed by atoms with Gasteiger partial charge < -0.3 is 9.57 Å². The normalized spacial score (nSPS) is 17.7. The number of hydrogen-bond acceptors (Lipinski definition) is 4. The van der Waals surface area contributed by atoms with Crippen LogP contribution in [0.25, 0.3) is 10.8 Å². The van der Waals surface area contributed by atoms with Gasteiger partial charge in [-0.1, -0.05) is 41.6 Å². The molecule has 1 atom stereocenters. The zero-order chi connectivity index (χ0) is 12.4. The predicted octanol–water partition coefficient (Wildman–Crippen LogP) is 2.38. The third-order valence-electron chi connectivity index (χ3n) is 2.81. The molecule has 0 aliphatic carbocycles. The van der Waals surface area contributed by atoms with Gasteiger partial charge in [0.15, 0.2) is 12.7 Å². The maximum absolute atomic E-state index is 12.1. The maximum atomic E-state index is 12.1. The van der Waals surface area contributed by atoms with Gasteiger partial charge in [-0.05, 0) is 16.8 Å². The van der Waals surface area contributed by atoms with E-state index in [1.54, 1.807) is 6.07 Å². The predicted molar refractivity (Wildman–Crippen MR) is 67.6 cm³/mol. The Morgan fingerprint density at radius 1 is 1.22 bits per heavy atom. The van der Waals surface area contributed by atoms with Gasteiger partial charge in [0.25, 0.3) is 0 Å². The molecule has 3 rings (SSSR count). The van der Waals surface area contributed by atoms with E-state index in [0.717, 1.165) is 10.8 Å². The van der Waals surface area contributed by atoms with Crippen molar-refractivity contribution in [2.75, 3.05) is 6.61 Å². The Labute approximate surface area is 104 Å². The molecule has 0 aromatic heterocycles. The van der Waals surface area contributed by atoms with Crippen molar-refractivity contribution in [3.8, 4) is 0 Å². The number of hydrogen-bond donors (Lipinski definition) is 0. The topological polar surface area (TPSA) is 47.9 Å². The van der Waals surface area contributed by atoms with Crippen LogP contribution < -0.4 is 0 Å². The van der Waals surface area contributed by atoms with Gasteiger partial charge in [-0.25, -0.2) is 4.79 Å². The summed E-state index contributed by atoms with van der Waals surface area (Å²) >= 11 is 0. The van der Waals surface area contributed by atoms with Crippen molar-refractivity contribution < 1.29 is 14.4 Å². The van der Waals surface area contributed by atoms with Crippen LogP contribution in [-0.4, -0.2) is 24.9 Å². The van der Waals surface area contributed by atoms with Crippen LogP contribution in [0.5, 0.6) is 0 Å². The Balaban J connectivity index is 1.93. The molecule has 1 aliphatic rings. The lowest BCUT2D eigenvalue weighted by Gasteiger charge is -2.09. The number of rotatable bonds is 2. The first-order valence-electron chi connectivity index (χ1n) is 5.69. The largest absolute Gasteiger partial charge is 0.449 e. The SMILES string of the molecule is O=C(OC1C=NOC1)c1cccc2ccccc12. The maximum Gasteiger partial charge on any atom is 0.339 e. The molecule has 4 heteroatoms. The summed E-state index contributed by atoms with van der Waals surface area (Å²) in [6, 6.07) is 13.3. The quantitative estimate of drug-likeness (QED) is 0.758. The van der Waals surface area contributed by atoms with Crippen LogP contribution in [0.3, 0.4) is 0 Å². The van der Waals surface area contributed by atoms with Crippen molar-refractivity contribution in [1.82, 2.24) is 0 Å². The van der Waals surface area contributed by atoms with Crippen LogP contribution in [0.2, 0.25) is 0 Å². The number of ether oxygens (including phenoxy) is 1. The lowest BCUT2D eigenvalue weighted by molar-refractivity contribution is 0.0299. The van der Waals surface area contributed by atoms with Crippen LogP contribution in [0.15, 0.2) is 47.6 Å². The lowest BCUT2D eigenvalue weighted by atomic mass is 10.0. The van der Waals surface area contributed by atoms with E-state index in [4.69, 9.17) is 9.57 Å². The molecular weight excluding hydrogens is 230 g/mol. The summed E-state index contributed by atoms with van der Waals surface area (Å²) in [5.74, 6) is -0.353. The average Bonchev–Trinajstić information content (AvgIpc) is 2.91. The summed E-state index contributed by atoms with van der Waals surface area (Å²) in [7, 11) is 0. The van der Waals surface area contributed by atoms with Gasteiger partial charge in [-0.15, -0.1) is 0 Å². The Kier molecular flexibility index (Phi) is 2.68. The monoisotopic (exact) mass is 241 g/mol. The third-order valence-corrected chi connectivity index (χ3v) is 2.81. The Hall–Kier alpha value is -2.36. The van der Waals surface area contributed by atoms with E-state index in [9.17, 15) is 4.79 Å². The summed E-state index contributed by atoms with van der Waals surface area (Å²) < 4.78 is 5.29. The second kappa shape index (κ2) is 4.49. The molecule has 1 heterocycles. The van der Waals surface area contributed by atoms with Crippen molar-refractivity contribution in [1.29, 1.82) is 0 Å². The van der Waals surface area contributed by atoms with Gasteiger partial charge in [0.05, 0.1) is 11.8 Å². The Morgan fingerprint density at radius 3 is 2.89 bits per heavy atom. The first-order chi connectivity index (χ1) is 8.84. The molecule has 2 aromatic carbocycles. The molecule has 18 heavy (non-hydrogen) atoms. The number of oxime groups is 1. The molecule has 0 fully saturated rings. The van der Waals surface area contributed by atoms with E-state index in [1.165, 1.54) is 6.21 Å². The van der Waals surface area contributed by atoms with Crippen LogP contribution in [0.4, 0.5) is 0 Å². The molecule has 0 N–H and O–H groups in total. The molecular formula is C14H11NO3. The van der Waals surface area contributed by atoms with Crippen molar-refractivity contribution >= 4 is 23.0 Å². The van der Waals surface area contributed by atoms with Gasteiger partial charge in [0, 0.05) is 0 Å². The molecule has 1 unspecified atom stereocenters. The van der Waals surface area contributed by atoms with E-state index in [2.05, 4.69) is 5.16 Å². The highest BCUT2D eigenvalue weighted by Crippen LogP contribution is 2.19. The average molecular weight is 241 g/mol. The smallest absolute Gasteiger partial charge is 0.339 e. The number of fused-ring (bicyclic) bond motifs is 1. The zero-order valence-electron chi connectivity index (χ0n) is 9.58. The number of nitrogens with zero attached hydrogens (tertiary/aromatic N) is 1. The molecule has 0 amide bonds. The fraction of sp³-hybridized carbons (Fsp3) is 0.143. The minimum atomic E-state index is -0.392. The number of benzene rings is 2. The summed E-state index contributed by atoms with van der Waals surface area (Å²) in [5.41, 5.74) is 0.563. The molecule has 0 saturated heterocycles. The molecule has 0 bridgehead atoms. The number of carbonyl (C=O) groups is 1. The van der Waals surface area contributed by atoms with Crippen molar-refractivity contribution in [2.45, 2.75) is 6.10 Å². The molecule has 2 aromatic rings. The molecule has 0 saturated carbocycles. The minimum Gasteiger partial charge on any atom is -0.449 e. The molecule has 90 valence electrons. The standard InChI is InChI=1S/C14H11NO3/c16-14(18-11-8-15-17-9-11)13-7-3-5-10-4-1-2-6-12(10)13/h1-8,11H,9H2. The van der Waals surface area contributed by atoms with Gasteiger partial charge >= 0.3 is 5.97 Å². The zero-order valence-corrected chi connectivity index (χ0v) is 9.58. The highest BCUT2D eigenvalue weighted by atomic mass is 16.7. The van der Waals surface area contributed by atoms with Gasteiger partial charge in [0.2, 0.25) is 0 Å². The number of esters is 1. The highest BCUT2D eigenvalue weighted by molar-refractivity contribution is 6.04. The summed E-state index contributed by atoms with van der Waals surface area (Å²) in [6.07, 6.45) is 1.10. The van der Waals surface area contributed by atoms with Crippen LogP contribution in [0.1, 0.15) is 10.4 Å². The van der Waals surface area contributed by atoms with Gasteiger partial charge in [0.1, 0.15) is 0 Å². The van der Waals surface area contributed by atoms with E-state index >= 15 is 0 Å². The van der Waals surface area contributed by atoms with E-state index < -0.39 is 6.10 Å². The van der Waals surface area contributed by atoms with Crippen LogP contribution in [-0.2, 0) is 9.57 Å². The third kappa shape index (κ3) is 1.93. The molecule has 4 nitrogen and oxygen atoms in total. The highest BCUT2D eigenvalue weighted by Gasteiger charge is 2.19. The van der Waals surface area contributed by atoms with Crippen molar-refractivity contribution in [3.63, 3.8) is 0 Å². The Morgan fingerprint density at radius 2 is 2.06 bits per heavy atom. The molecule has 1 aliphatic heterocycles. The van der Waals surface area contributed by atoms with Crippen molar-refractivity contribution in [3.05, 3.63) is 48.0 Å². The molecule has 0 spiro atoms. The summed E-state index contributed by atoms with van der Waals surface area (Å²) in [5, 5.41) is 5.48. The van der Waals surface area contributed by atoms with Crippen molar-refractivity contribution in [2.24, 2.45) is 5.16 Å². The first kappa shape index (κ1) is 10.8. The minimum absolute atomic E-state index is 0.288. The fourth-order valence-electron chi connectivity index (χ4n) is 1.94. The van der Waals surface area contributed by atoms with E-state index in [-0.39, 0.29) is 12.6 Å².